The SMILES string of the molecule is CCOC(=O)CN(C)S(=O)(=O)c1cc(Cl)cc(Cl)c1. The van der Waals surface area contributed by atoms with Crippen LogP contribution in [-0.2, 0) is 19.6 Å². The topological polar surface area (TPSA) is 63.7 Å². The Kier molecular flexibility index (Phi) is 5.61. The van der Waals surface area contributed by atoms with Gasteiger partial charge in [-0.05, 0) is 25.1 Å². The highest BCUT2D eigenvalue weighted by molar-refractivity contribution is 7.89. The highest BCUT2D eigenvalue weighted by atomic mass is 35.5. The molecule has 5 nitrogen and oxygen atoms in total. The van der Waals surface area contributed by atoms with E-state index in [9.17, 15) is 13.2 Å². The zero-order chi connectivity index (χ0) is 14.6. The van der Waals surface area contributed by atoms with Crippen LogP contribution in [0.1, 0.15) is 6.92 Å². The number of benzene rings is 1. The molecule has 0 amide bonds. The molecule has 19 heavy (non-hydrogen) atoms. The second-order valence-electron chi connectivity index (χ2n) is 3.67. The van der Waals surface area contributed by atoms with E-state index in [0.717, 1.165) is 4.31 Å². The third-order valence-electron chi connectivity index (χ3n) is 2.20. The molecule has 0 fully saturated rings. The number of carbonyl (C=O) groups excluding carboxylic acids is 1. The normalized spacial score (nSPS) is 11.6. The van der Waals surface area contributed by atoms with E-state index in [-0.39, 0.29) is 28.1 Å². The summed E-state index contributed by atoms with van der Waals surface area (Å²) in [7, 11) is -2.55. The molecule has 0 aliphatic carbocycles. The van der Waals surface area contributed by atoms with E-state index >= 15 is 0 Å². The molecule has 106 valence electrons. The lowest BCUT2D eigenvalue weighted by molar-refractivity contribution is -0.143. The van der Waals surface area contributed by atoms with E-state index in [2.05, 4.69) is 0 Å². The van der Waals surface area contributed by atoms with E-state index in [1.54, 1.807) is 6.92 Å². The average molecular weight is 326 g/mol. The molecule has 0 aliphatic rings. The van der Waals surface area contributed by atoms with Gasteiger partial charge < -0.3 is 4.74 Å². The summed E-state index contributed by atoms with van der Waals surface area (Å²) in [4.78, 5) is 11.2. The zero-order valence-corrected chi connectivity index (χ0v) is 12.7. The largest absolute Gasteiger partial charge is 0.465 e. The average Bonchev–Trinajstić information content (AvgIpc) is 2.27. The van der Waals surface area contributed by atoms with E-state index in [1.165, 1.54) is 25.2 Å². The number of likely N-dealkylation sites (N-methyl/N-ethyl adjacent to an activating group) is 1. The lowest BCUT2D eigenvalue weighted by Gasteiger charge is -2.16. The van der Waals surface area contributed by atoms with Crippen LogP contribution in [-0.4, -0.2) is 38.9 Å². The van der Waals surface area contributed by atoms with E-state index < -0.39 is 16.0 Å². The fourth-order valence-electron chi connectivity index (χ4n) is 1.33. The minimum absolute atomic E-state index is 0.0724. The molecule has 0 saturated heterocycles. The van der Waals surface area contributed by atoms with Crippen LogP contribution in [0, 0.1) is 0 Å². The molecule has 0 N–H and O–H groups in total. The van der Waals surface area contributed by atoms with Crippen molar-refractivity contribution in [3.63, 3.8) is 0 Å². The Labute approximate surface area is 122 Å². The molecule has 0 bridgehead atoms. The lowest BCUT2D eigenvalue weighted by atomic mass is 10.4. The summed E-state index contributed by atoms with van der Waals surface area (Å²) < 4.78 is 29.9. The molecule has 0 saturated carbocycles. The second-order valence-corrected chi connectivity index (χ2v) is 6.59. The molecule has 1 aromatic rings. The first kappa shape index (κ1) is 16.2. The Morgan fingerprint density at radius 2 is 1.79 bits per heavy atom. The van der Waals surface area contributed by atoms with Gasteiger partial charge in [-0.15, -0.1) is 0 Å². The second kappa shape index (κ2) is 6.56. The van der Waals surface area contributed by atoms with Crippen molar-refractivity contribution >= 4 is 39.2 Å². The van der Waals surface area contributed by atoms with Crippen molar-refractivity contribution in [1.82, 2.24) is 4.31 Å². The van der Waals surface area contributed by atoms with Gasteiger partial charge in [0.25, 0.3) is 0 Å². The van der Waals surface area contributed by atoms with Crippen molar-refractivity contribution in [3.05, 3.63) is 28.2 Å². The number of rotatable bonds is 5. The predicted octanol–water partition coefficient (Wildman–Crippen LogP) is 2.18. The molecule has 1 rings (SSSR count). The van der Waals surface area contributed by atoms with Gasteiger partial charge >= 0.3 is 5.97 Å². The van der Waals surface area contributed by atoms with E-state index in [4.69, 9.17) is 27.9 Å². The molecular weight excluding hydrogens is 313 g/mol. The minimum atomic E-state index is -3.83. The molecule has 0 atom stereocenters. The minimum Gasteiger partial charge on any atom is -0.465 e. The van der Waals surface area contributed by atoms with Crippen molar-refractivity contribution in [1.29, 1.82) is 0 Å². The molecule has 0 heterocycles. The number of ether oxygens (including phenoxy) is 1. The first-order chi connectivity index (χ1) is 8.77. The smallest absolute Gasteiger partial charge is 0.321 e. The summed E-state index contributed by atoms with van der Waals surface area (Å²) in [6.07, 6.45) is 0. The number of sulfonamides is 1. The van der Waals surface area contributed by atoms with Crippen LogP contribution in [0.4, 0.5) is 0 Å². The molecule has 1 aromatic carbocycles. The van der Waals surface area contributed by atoms with Crippen LogP contribution >= 0.6 is 23.2 Å². The lowest BCUT2D eigenvalue weighted by Crippen LogP contribution is -2.33. The number of halogens is 2. The number of esters is 1. The standard InChI is InChI=1S/C11H13Cl2NO4S/c1-3-18-11(15)7-14(2)19(16,17)10-5-8(12)4-9(13)6-10/h4-6H,3,7H2,1-2H3. The molecule has 0 aromatic heterocycles. The van der Waals surface area contributed by atoms with Gasteiger partial charge in [0.15, 0.2) is 0 Å². The zero-order valence-electron chi connectivity index (χ0n) is 10.4. The van der Waals surface area contributed by atoms with Gasteiger partial charge in [0.2, 0.25) is 10.0 Å². The van der Waals surface area contributed by atoms with E-state index in [1.807, 2.05) is 0 Å². The Morgan fingerprint density at radius 1 is 1.26 bits per heavy atom. The Bertz CT molecular complexity index is 554. The fourth-order valence-corrected chi connectivity index (χ4v) is 3.17. The quantitative estimate of drug-likeness (QED) is 0.778. The van der Waals surface area contributed by atoms with Gasteiger partial charge in [-0.2, -0.15) is 4.31 Å². The van der Waals surface area contributed by atoms with Crippen molar-refractivity contribution in [2.45, 2.75) is 11.8 Å². The first-order valence-electron chi connectivity index (χ1n) is 5.35. The first-order valence-corrected chi connectivity index (χ1v) is 7.55. The van der Waals surface area contributed by atoms with Crippen LogP contribution < -0.4 is 0 Å². The van der Waals surface area contributed by atoms with Gasteiger partial charge in [-0.25, -0.2) is 8.42 Å². The molecule has 0 spiro atoms. The van der Waals surface area contributed by atoms with Crippen LogP contribution in [0.3, 0.4) is 0 Å². The Morgan fingerprint density at radius 3 is 2.26 bits per heavy atom. The number of nitrogens with zero attached hydrogens (tertiary/aromatic N) is 1. The van der Waals surface area contributed by atoms with Crippen LogP contribution in [0.25, 0.3) is 0 Å². The molecular formula is C11H13Cl2NO4S. The number of hydrogen-bond donors (Lipinski definition) is 0. The molecule has 0 radical (unpaired) electrons. The van der Waals surface area contributed by atoms with Gasteiger partial charge in [0.05, 0.1) is 11.5 Å². The summed E-state index contributed by atoms with van der Waals surface area (Å²) in [5.41, 5.74) is 0. The maximum absolute atomic E-state index is 12.2. The van der Waals surface area contributed by atoms with Crippen LogP contribution in [0.15, 0.2) is 23.1 Å². The summed E-state index contributed by atoms with van der Waals surface area (Å²) >= 11 is 11.5. The highest BCUT2D eigenvalue weighted by Gasteiger charge is 2.24. The van der Waals surface area contributed by atoms with Crippen LogP contribution in [0.2, 0.25) is 10.0 Å². The van der Waals surface area contributed by atoms with Crippen molar-refractivity contribution in [2.24, 2.45) is 0 Å². The summed E-state index contributed by atoms with van der Waals surface area (Å²) in [5.74, 6) is -0.623. The highest BCUT2D eigenvalue weighted by Crippen LogP contribution is 2.24. The molecule has 0 aliphatic heterocycles. The maximum Gasteiger partial charge on any atom is 0.321 e. The predicted molar refractivity (Wildman–Crippen MR) is 72.9 cm³/mol. The van der Waals surface area contributed by atoms with Crippen molar-refractivity contribution in [2.75, 3.05) is 20.2 Å². The summed E-state index contributed by atoms with van der Waals surface area (Å²) in [5, 5.41) is 0.409. The molecule has 8 heteroatoms. The Balaban J connectivity index is 2.99. The number of hydrogen-bond acceptors (Lipinski definition) is 4. The van der Waals surface area contributed by atoms with Gasteiger partial charge in [0, 0.05) is 17.1 Å². The van der Waals surface area contributed by atoms with Crippen LogP contribution in [0.5, 0.6) is 0 Å². The van der Waals surface area contributed by atoms with Crippen molar-refractivity contribution < 1.29 is 17.9 Å². The monoisotopic (exact) mass is 325 g/mol. The van der Waals surface area contributed by atoms with Gasteiger partial charge in [0.1, 0.15) is 6.54 Å². The van der Waals surface area contributed by atoms with E-state index in [0.29, 0.717) is 0 Å². The summed E-state index contributed by atoms with van der Waals surface area (Å²) in [6.45, 7) is 1.46. The Hall–Kier alpha value is -0.820. The molecule has 0 unspecified atom stereocenters. The summed E-state index contributed by atoms with van der Waals surface area (Å²) in [6, 6.07) is 3.96. The van der Waals surface area contributed by atoms with Gasteiger partial charge in [-0.3, -0.25) is 4.79 Å². The maximum atomic E-state index is 12.2. The fraction of sp³-hybridized carbons (Fsp3) is 0.364. The number of carbonyl (C=O) groups is 1. The van der Waals surface area contributed by atoms with Crippen molar-refractivity contribution in [3.8, 4) is 0 Å². The third-order valence-corrected chi connectivity index (χ3v) is 4.42. The van der Waals surface area contributed by atoms with Gasteiger partial charge in [-0.1, -0.05) is 23.2 Å². The third kappa shape index (κ3) is 4.35.